The molecule has 1 aromatic heterocycles. The zero-order valence-electron chi connectivity index (χ0n) is 8.67. The van der Waals surface area contributed by atoms with Crippen LogP contribution in [-0.4, -0.2) is 17.8 Å². The van der Waals surface area contributed by atoms with Crippen molar-refractivity contribution < 1.29 is 4.79 Å². The Morgan fingerprint density at radius 3 is 3.00 bits per heavy atom. The molecule has 0 unspecified atom stereocenters. The molecule has 4 heteroatoms. The number of carbonyl (C=O) groups excluding carboxylic acids is 1. The molecule has 2 nitrogen and oxygen atoms in total. The highest BCUT2D eigenvalue weighted by atomic mass is 79.9. The molecule has 0 atom stereocenters. The van der Waals surface area contributed by atoms with Gasteiger partial charge in [0.2, 0.25) is 5.91 Å². The summed E-state index contributed by atoms with van der Waals surface area (Å²) in [6.07, 6.45) is 3.60. The van der Waals surface area contributed by atoms with Crippen molar-refractivity contribution in [2.75, 3.05) is 11.9 Å². The lowest BCUT2D eigenvalue weighted by Crippen LogP contribution is -2.24. The Balaban J connectivity index is 2.02. The zero-order valence-corrected chi connectivity index (χ0v) is 11.1. The summed E-state index contributed by atoms with van der Waals surface area (Å²) in [4.78, 5) is 12.7. The molecule has 1 rings (SSSR count). The summed E-state index contributed by atoms with van der Waals surface area (Å²) in [5.41, 5.74) is 0. The largest absolute Gasteiger partial charge is 0.356 e. The van der Waals surface area contributed by atoms with Crippen LogP contribution in [0.2, 0.25) is 0 Å². The fourth-order valence-corrected chi connectivity index (χ4v) is 2.29. The Bertz CT molecular complexity index is 274. The van der Waals surface area contributed by atoms with Gasteiger partial charge in [-0.25, -0.2) is 0 Å². The number of alkyl halides is 1. The lowest BCUT2D eigenvalue weighted by atomic mass is 10.2. The summed E-state index contributed by atoms with van der Waals surface area (Å²) in [6.45, 7) is 0.781. The van der Waals surface area contributed by atoms with Crippen molar-refractivity contribution in [2.24, 2.45) is 0 Å². The molecule has 0 aliphatic rings. The third kappa shape index (κ3) is 5.95. The highest BCUT2D eigenvalue weighted by Gasteiger charge is 2.00. The zero-order chi connectivity index (χ0) is 10.9. The Kier molecular flexibility index (Phi) is 6.68. The maximum atomic E-state index is 11.3. The molecule has 15 heavy (non-hydrogen) atoms. The normalized spacial score (nSPS) is 10.2. The topological polar surface area (TPSA) is 29.1 Å². The molecule has 0 aliphatic heterocycles. The van der Waals surface area contributed by atoms with E-state index in [1.807, 2.05) is 0 Å². The van der Waals surface area contributed by atoms with E-state index >= 15 is 0 Å². The fourth-order valence-electron chi connectivity index (χ4n) is 1.26. The minimum Gasteiger partial charge on any atom is -0.356 e. The first-order chi connectivity index (χ1) is 7.33. The van der Waals surface area contributed by atoms with Crippen LogP contribution in [-0.2, 0) is 11.2 Å². The van der Waals surface area contributed by atoms with Gasteiger partial charge in [-0.05, 0) is 30.7 Å². The summed E-state index contributed by atoms with van der Waals surface area (Å²) in [5, 5.41) is 5.92. The highest BCUT2D eigenvalue weighted by Crippen LogP contribution is 2.11. The number of hydrogen-bond acceptors (Lipinski definition) is 2. The van der Waals surface area contributed by atoms with Crippen LogP contribution < -0.4 is 5.32 Å². The van der Waals surface area contributed by atoms with Gasteiger partial charge in [-0.15, -0.1) is 11.3 Å². The molecule has 0 saturated carbocycles. The monoisotopic (exact) mass is 289 g/mol. The summed E-state index contributed by atoms with van der Waals surface area (Å²) < 4.78 is 0. The third-order valence-electron chi connectivity index (χ3n) is 2.04. The number of hydrogen-bond donors (Lipinski definition) is 1. The predicted octanol–water partition coefficient (Wildman–Crippen LogP) is 2.97. The lowest BCUT2D eigenvalue weighted by molar-refractivity contribution is -0.121. The van der Waals surface area contributed by atoms with E-state index < -0.39 is 0 Å². The molecule has 0 saturated heterocycles. The van der Waals surface area contributed by atoms with Crippen LogP contribution in [0.5, 0.6) is 0 Å². The maximum absolute atomic E-state index is 11.3. The van der Waals surface area contributed by atoms with Gasteiger partial charge >= 0.3 is 0 Å². The van der Waals surface area contributed by atoms with E-state index in [0.717, 1.165) is 31.1 Å². The van der Waals surface area contributed by atoms with E-state index in [1.54, 1.807) is 11.3 Å². The Hall–Kier alpha value is -0.350. The molecular formula is C11H16BrNOS. The van der Waals surface area contributed by atoms with Crippen LogP contribution in [0.15, 0.2) is 17.5 Å². The average molecular weight is 290 g/mol. The Morgan fingerprint density at radius 1 is 1.47 bits per heavy atom. The van der Waals surface area contributed by atoms with Crippen LogP contribution in [0, 0.1) is 0 Å². The number of thiophene rings is 1. The minimum atomic E-state index is 0.174. The molecule has 1 N–H and O–H groups in total. The summed E-state index contributed by atoms with van der Waals surface area (Å²) in [6, 6.07) is 4.17. The van der Waals surface area contributed by atoms with Crippen LogP contribution in [0.1, 0.15) is 24.1 Å². The van der Waals surface area contributed by atoms with Gasteiger partial charge in [0.1, 0.15) is 0 Å². The lowest BCUT2D eigenvalue weighted by Gasteiger charge is -2.02. The molecule has 0 aromatic carbocycles. The van der Waals surface area contributed by atoms with Crippen molar-refractivity contribution in [1.29, 1.82) is 0 Å². The second kappa shape index (κ2) is 7.88. The van der Waals surface area contributed by atoms with E-state index in [1.165, 1.54) is 4.88 Å². The van der Waals surface area contributed by atoms with Gasteiger partial charge in [0, 0.05) is 23.2 Å². The van der Waals surface area contributed by atoms with Gasteiger partial charge in [-0.3, -0.25) is 4.79 Å². The molecule has 1 aromatic rings. The maximum Gasteiger partial charge on any atom is 0.220 e. The number of amides is 1. The van der Waals surface area contributed by atoms with Crippen molar-refractivity contribution in [1.82, 2.24) is 5.32 Å². The smallest absolute Gasteiger partial charge is 0.220 e. The molecule has 1 amide bonds. The number of nitrogens with one attached hydrogen (secondary N) is 1. The number of carbonyl (C=O) groups is 1. The second-order valence-corrected chi connectivity index (χ2v) is 5.15. The minimum absolute atomic E-state index is 0.174. The number of halogens is 1. The molecule has 0 fully saturated rings. The van der Waals surface area contributed by atoms with Gasteiger partial charge in [-0.1, -0.05) is 22.0 Å². The fraction of sp³-hybridized carbons (Fsp3) is 0.545. The van der Waals surface area contributed by atoms with E-state index in [9.17, 15) is 4.79 Å². The molecule has 84 valence electrons. The van der Waals surface area contributed by atoms with Crippen molar-refractivity contribution in [3.8, 4) is 0 Å². The van der Waals surface area contributed by atoms with Gasteiger partial charge in [0.25, 0.3) is 0 Å². The van der Waals surface area contributed by atoms with E-state index in [0.29, 0.717) is 6.42 Å². The van der Waals surface area contributed by atoms with Crippen LogP contribution in [0.25, 0.3) is 0 Å². The summed E-state index contributed by atoms with van der Waals surface area (Å²) >= 11 is 5.09. The molecule has 0 aliphatic carbocycles. The molecular weight excluding hydrogens is 274 g/mol. The van der Waals surface area contributed by atoms with Crippen LogP contribution >= 0.6 is 27.3 Å². The van der Waals surface area contributed by atoms with Gasteiger partial charge in [0.15, 0.2) is 0 Å². The Morgan fingerprint density at radius 2 is 2.33 bits per heavy atom. The average Bonchev–Trinajstić information content (AvgIpc) is 2.71. The molecule has 0 bridgehead atoms. The van der Waals surface area contributed by atoms with Crippen molar-refractivity contribution >= 4 is 33.2 Å². The standard InChI is InChI=1S/C11H16BrNOS/c12-7-3-8-13-11(14)6-1-4-10-5-2-9-15-10/h2,5,9H,1,3-4,6-8H2,(H,13,14). The first-order valence-corrected chi connectivity index (χ1v) is 7.18. The van der Waals surface area contributed by atoms with Crippen molar-refractivity contribution in [3.05, 3.63) is 22.4 Å². The summed E-state index contributed by atoms with van der Waals surface area (Å²) in [7, 11) is 0. The van der Waals surface area contributed by atoms with E-state index in [4.69, 9.17) is 0 Å². The first kappa shape index (κ1) is 12.7. The van der Waals surface area contributed by atoms with Crippen molar-refractivity contribution in [3.63, 3.8) is 0 Å². The van der Waals surface area contributed by atoms with Gasteiger partial charge in [0.05, 0.1) is 0 Å². The van der Waals surface area contributed by atoms with Crippen LogP contribution in [0.4, 0.5) is 0 Å². The van der Waals surface area contributed by atoms with Crippen LogP contribution in [0.3, 0.4) is 0 Å². The van der Waals surface area contributed by atoms with Crippen molar-refractivity contribution in [2.45, 2.75) is 25.7 Å². The quantitative estimate of drug-likeness (QED) is 0.607. The third-order valence-corrected chi connectivity index (χ3v) is 3.54. The predicted molar refractivity (Wildman–Crippen MR) is 68.7 cm³/mol. The summed E-state index contributed by atoms with van der Waals surface area (Å²) in [5.74, 6) is 0.174. The van der Waals surface area contributed by atoms with Gasteiger partial charge < -0.3 is 5.32 Å². The number of aryl methyl sites for hydroxylation is 1. The number of rotatable bonds is 7. The van der Waals surface area contributed by atoms with Gasteiger partial charge in [-0.2, -0.15) is 0 Å². The van der Waals surface area contributed by atoms with E-state index in [2.05, 4.69) is 38.8 Å². The molecule has 0 spiro atoms. The van der Waals surface area contributed by atoms with E-state index in [-0.39, 0.29) is 5.91 Å². The Labute approximate surface area is 103 Å². The second-order valence-electron chi connectivity index (χ2n) is 3.33. The molecule has 0 radical (unpaired) electrons. The molecule has 1 heterocycles. The first-order valence-electron chi connectivity index (χ1n) is 5.18. The SMILES string of the molecule is O=C(CCCc1cccs1)NCCCBr. The highest BCUT2D eigenvalue weighted by molar-refractivity contribution is 9.09.